The van der Waals surface area contributed by atoms with E-state index in [1.54, 1.807) is 42.5 Å². The van der Waals surface area contributed by atoms with Gasteiger partial charge < -0.3 is 10.1 Å². The second-order valence-corrected chi connectivity index (χ2v) is 6.18. The first-order valence-electron chi connectivity index (χ1n) is 8.18. The summed E-state index contributed by atoms with van der Waals surface area (Å²) in [4.78, 5) is 36.0. The summed E-state index contributed by atoms with van der Waals surface area (Å²) >= 11 is 5.77. The average Bonchev–Trinajstić information content (AvgIpc) is 2.66. The van der Waals surface area contributed by atoms with Crippen molar-refractivity contribution in [2.45, 2.75) is 25.9 Å². The molecule has 2 rings (SSSR count). The molecule has 0 saturated carbocycles. The van der Waals surface area contributed by atoms with Crippen molar-refractivity contribution in [2.24, 2.45) is 0 Å². The molecule has 27 heavy (non-hydrogen) atoms. The highest BCUT2D eigenvalue weighted by Gasteiger charge is 2.19. The van der Waals surface area contributed by atoms with Crippen LogP contribution in [0.3, 0.4) is 0 Å². The van der Waals surface area contributed by atoms with Gasteiger partial charge in [-0.05, 0) is 49.4 Å². The predicted molar refractivity (Wildman–Crippen MR) is 100 cm³/mol. The van der Waals surface area contributed by atoms with Gasteiger partial charge in [-0.15, -0.1) is 0 Å². The molecule has 0 spiro atoms. The highest BCUT2D eigenvalue weighted by Crippen LogP contribution is 2.13. The van der Waals surface area contributed by atoms with Crippen molar-refractivity contribution in [3.05, 3.63) is 64.7 Å². The van der Waals surface area contributed by atoms with Gasteiger partial charge in [-0.3, -0.25) is 14.4 Å². The van der Waals surface area contributed by atoms with Crippen LogP contribution in [-0.2, 0) is 14.3 Å². The number of rotatable bonds is 7. The summed E-state index contributed by atoms with van der Waals surface area (Å²) in [6, 6.07) is 14.7. The highest BCUT2D eigenvalue weighted by atomic mass is 35.5. The number of Topliss-reactive ketones (excluding diaryl/α,β-unsaturated/α-hetero) is 1. The van der Waals surface area contributed by atoms with Crippen molar-refractivity contribution in [1.82, 2.24) is 0 Å². The Bertz CT molecular complexity index is 888. The van der Waals surface area contributed by atoms with Crippen LogP contribution in [0.5, 0.6) is 0 Å². The molecule has 0 aliphatic heterocycles. The number of ketones is 1. The lowest BCUT2D eigenvalue weighted by atomic mass is 10.1. The Morgan fingerprint density at radius 2 is 1.85 bits per heavy atom. The fourth-order valence-electron chi connectivity index (χ4n) is 2.22. The fourth-order valence-corrected chi connectivity index (χ4v) is 2.34. The number of nitrogens with zero attached hydrogens (tertiary/aromatic N) is 1. The summed E-state index contributed by atoms with van der Waals surface area (Å²) < 4.78 is 5.06. The minimum Gasteiger partial charge on any atom is -0.453 e. The zero-order valence-corrected chi connectivity index (χ0v) is 15.3. The molecule has 0 saturated heterocycles. The van der Waals surface area contributed by atoms with E-state index in [-0.39, 0.29) is 18.6 Å². The molecule has 0 aromatic heterocycles. The van der Waals surface area contributed by atoms with E-state index in [9.17, 15) is 14.4 Å². The van der Waals surface area contributed by atoms with Gasteiger partial charge >= 0.3 is 5.97 Å². The third-order valence-corrected chi connectivity index (χ3v) is 3.91. The van der Waals surface area contributed by atoms with E-state index in [2.05, 4.69) is 5.32 Å². The molecule has 0 bridgehead atoms. The van der Waals surface area contributed by atoms with Crippen LogP contribution in [0.4, 0.5) is 5.69 Å². The number of hydrogen-bond donors (Lipinski definition) is 1. The topological polar surface area (TPSA) is 96.3 Å². The van der Waals surface area contributed by atoms with E-state index in [0.717, 1.165) is 0 Å². The molecule has 1 N–H and O–H groups in total. The lowest BCUT2D eigenvalue weighted by molar-refractivity contribution is -0.153. The van der Waals surface area contributed by atoms with Crippen LogP contribution in [0.15, 0.2) is 48.5 Å². The van der Waals surface area contributed by atoms with Crippen molar-refractivity contribution in [3.63, 3.8) is 0 Å². The van der Waals surface area contributed by atoms with Crippen LogP contribution in [0.25, 0.3) is 0 Å². The lowest BCUT2D eigenvalue weighted by Gasteiger charge is -2.13. The number of esters is 1. The molecule has 1 unspecified atom stereocenters. The van der Waals surface area contributed by atoms with Crippen LogP contribution >= 0.6 is 11.6 Å². The number of nitriles is 1. The Kier molecular flexibility index (Phi) is 7.09. The van der Waals surface area contributed by atoms with E-state index in [4.69, 9.17) is 21.6 Å². The number of carbonyl (C=O) groups is 3. The summed E-state index contributed by atoms with van der Waals surface area (Å²) in [5.41, 5.74) is 1.29. The normalized spacial score (nSPS) is 11.1. The molecule has 138 valence electrons. The molecule has 0 aliphatic rings. The molecular weight excluding hydrogens is 368 g/mol. The number of anilines is 1. The van der Waals surface area contributed by atoms with Gasteiger partial charge in [0, 0.05) is 22.7 Å². The second-order valence-electron chi connectivity index (χ2n) is 5.74. The quantitative estimate of drug-likeness (QED) is 0.579. The van der Waals surface area contributed by atoms with E-state index in [1.807, 2.05) is 6.07 Å². The Morgan fingerprint density at radius 3 is 2.52 bits per heavy atom. The largest absolute Gasteiger partial charge is 0.453 e. The fraction of sp³-hybridized carbons (Fsp3) is 0.200. The smallest absolute Gasteiger partial charge is 0.307 e. The maximum absolute atomic E-state index is 12.1. The SMILES string of the molecule is CC(OC(=O)CCC(=O)c1ccc(Cl)cc1)C(=O)Nc1cccc(C#N)c1. The maximum Gasteiger partial charge on any atom is 0.307 e. The number of ether oxygens (including phenoxy) is 1. The Balaban J connectivity index is 1.82. The Hall–Kier alpha value is -3.17. The van der Waals surface area contributed by atoms with E-state index in [1.165, 1.54) is 13.0 Å². The molecule has 1 amide bonds. The number of amides is 1. The lowest BCUT2D eigenvalue weighted by Crippen LogP contribution is -2.30. The third-order valence-electron chi connectivity index (χ3n) is 3.66. The van der Waals surface area contributed by atoms with Crippen molar-refractivity contribution in [2.75, 3.05) is 5.32 Å². The predicted octanol–water partition coefficient (Wildman–Crippen LogP) is 3.74. The third kappa shape index (κ3) is 6.24. The van der Waals surface area contributed by atoms with Crippen LogP contribution < -0.4 is 5.32 Å². The number of halogens is 1. The van der Waals surface area contributed by atoms with Crippen molar-refractivity contribution in [1.29, 1.82) is 5.26 Å². The van der Waals surface area contributed by atoms with Gasteiger partial charge in [0.15, 0.2) is 11.9 Å². The van der Waals surface area contributed by atoms with Gasteiger partial charge in [-0.2, -0.15) is 5.26 Å². The van der Waals surface area contributed by atoms with Gasteiger partial charge in [-0.25, -0.2) is 0 Å². The van der Waals surface area contributed by atoms with Gasteiger partial charge in [0.2, 0.25) is 0 Å². The molecule has 0 radical (unpaired) electrons. The molecule has 6 nitrogen and oxygen atoms in total. The summed E-state index contributed by atoms with van der Waals surface area (Å²) in [5.74, 6) is -1.39. The zero-order chi connectivity index (χ0) is 19.8. The van der Waals surface area contributed by atoms with Gasteiger partial charge in [-0.1, -0.05) is 17.7 Å². The van der Waals surface area contributed by atoms with Gasteiger partial charge in [0.05, 0.1) is 18.1 Å². The van der Waals surface area contributed by atoms with Crippen LogP contribution in [0, 0.1) is 11.3 Å². The van der Waals surface area contributed by atoms with E-state index < -0.39 is 18.0 Å². The number of nitrogens with one attached hydrogen (secondary N) is 1. The standard InChI is InChI=1S/C20H17ClN2O4/c1-13(20(26)23-17-4-2-3-14(11-17)12-22)27-19(25)10-9-18(24)15-5-7-16(21)8-6-15/h2-8,11,13H,9-10H2,1H3,(H,23,26). The number of benzene rings is 2. The first-order chi connectivity index (χ1) is 12.9. The van der Waals surface area contributed by atoms with Crippen molar-refractivity contribution >= 4 is 34.9 Å². The zero-order valence-electron chi connectivity index (χ0n) is 14.6. The van der Waals surface area contributed by atoms with Crippen LogP contribution in [0.2, 0.25) is 5.02 Å². The molecule has 1 atom stereocenters. The molecular formula is C20H17ClN2O4. The number of hydrogen-bond acceptors (Lipinski definition) is 5. The second kappa shape index (κ2) is 9.51. The Labute approximate surface area is 161 Å². The molecule has 7 heteroatoms. The summed E-state index contributed by atoms with van der Waals surface area (Å²) in [6.07, 6.45) is -1.20. The van der Waals surface area contributed by atoms with E-state index >= 15 is 0 Å². The first-order valence-corrected chi connectivity index (χ1v) is 8.56. The molecule has 2 aromatic carbocycles. The molecule has 0 fully saturated rings. The summed E-state index contributed by atoms with van der Waals surface area (Å²) in [7, 11) is 0. The van der Waals surface area contributed by atoms with Crippen LogP contribution in [0.1, 0.15) is 35.7 Å². The monoisotopic (exact) mass is 384 g/mol. The average molecular weight is 385 g/mol. The maximum atomic E-state index is 12.1. The minimum atomic E-state index is -1.03. The summed E-state index contributed by atoms with van der Waals surface area (Å²) in [5, 5.41) is 11.9. The number of carbonyl (C=O) groups excluding carboxylic acids is 3. The molecule has 0 heterocycles. The van der Waals surface area contributed by atoms with Crippen molar-refractivity contribution in [3.8, 4) is 6.07 Å². The van der Waals surface area contributed by atoms with Gasteiger partial charge in [0.1, 0.15) is 0 Å². The van der Waals surface area contributed by atoms with Gasteiger partial charge in [0.25, 0.3) is 5.91 Å². The molecule has 2 aromatic rings. The highest BCUT2D eigenvalue weighted by molar-refractivity contribution is 6.30. The Morgan fingerprint density at radius 1 is 1.15 bits per heavy atom. The van der Waals surface area contributed by atoms with Crippen molar-refractivity contribution < 1.29 is 19.1 Å². The molecule has 0 aliphatic carbocycles. The minimum absolute atomic E-state index is 0.0288. The van der Waals surface area contributed by atoms with Crippen LogP contribution in [-0.4, -0.2) is 23.8 Å². The first kappa shape index (κ1) is 20.1. The van der Waals surface area contributed by atoms with E-state index in [0.29, 0.717) is 21.8 Å². The summed E-state index contributed by atoms with van der Waals surface area (Å²) in [6.45, 7) is 1.43.